The molecule has 1 aliphatic carbocycles. The van der Waals surface area contributed by atoms with Gasteiger partial charge in [-0.3, -0.25) is 4.79 Å². The molecule has 4 N–H and O–H groups in total. The van der Waals surface area contributed by atoms with E-state index in [2.05, 4.69) is 22.8 Å². The van der Waals surface area contributed by atoms with Crippen LogP contribution in [-0.4, -0.2) is 33.9 Å². The Labute approximate surface area is 202 Å². The van der Waals surface area contributed by atoms with Gasteiger partial charge >= 0.3 is 6.09 Å². The molecular formula is C28H38N2O4. The predicted molar refractivity (Wildman–Crippen MR) is 133 cm³/mol. The maximum Gasteiger partial charge on any atom is 0.405 e. The van der Waals surface area contributed by atoms with E-state index in [0.717, 1.165) is 37.7 Å². The Morgan fingerprint density at radius 2 is 1.68 bits per heavy atom. The molecule has 2 amide bonds. The Kier molecular flexibility index (Phi) is 8.72. The molecule has 0 spiro atoms. The van der Waals surface area contributed by atoms with Crippen molar-refractivity contribution >= 4 is 12.0 Å². The fraction of sp³-hybridized carbons (Fsp3) is 0.500. The van der Waals surface area contributed by atoms with Crippen molar-refractivity contribution in [1.82, 2.24) is 10.6 Å². The number of hydrogen-bond acceptors (Lipinski definition) is 3. The molecule has 3 rings (SSSR count). The first-order valence-electron chi connectivity index (χ1n) is 12.4. The summed E-state index contributed by atoms with van der Waals surface area (Å²) < 4.78 is 0. The molecule has 0 aliphatic heterocycles. The Bertz CT molecular complexity index is 930. The monoisotopic (exact) mass is 466 g/mol. The molecule has 0 aromatic heterocycles. The van der Waals surface area contributed by atoms with Crippen LogP contribution in [0.3, 0.4) is 0 Å². The van der Waals surface area contributed by atoms with Crippen LogP contribution in [0.2, 0.25) is 0 Å². The first-order chi connectivity index (χ1) is 16.3. The number of benzene rings is 2. The van der Waals surface area contributed by atoms with Gasteiger partial charge in [-0.1, -0.05) is 86.8 Å². The smallest absolute Gasteiger partial charge is 0.405 e. The summed E-state index contributed by atoms with van der Waals surface area (Å²) in [7, 11) is 0. The van der Waals surface area contributed by atoms with Crippen LogP contribution >= 0.6 is 0 Å². The Balaban J connectivity index is 1.87. The summed E-state index contributed by atoms with van der Waals surface area (Å²) in [6, 6.07) is 19.4. The molecule has 0 bridgehead atoms. The van der Waals surface area contributed by atoms with Gasteiger partial charge < -0.3 is 20.8 Å². The molecule has 1 saturated carbocycles. The van der Waals surface area contributed by atoms with Crippen molar-refractivity contribution in [2.24, 2.45) is 5.41 Å². The van der Waals surface area contributed by atoms with Crippen LogP contribution < -0.4 is 10.6 Å². The van der Waals surface area contributed by atoms with Crippen molar-refractivity contribution in [2.75, 3.05) is 0 Å². The number of amides is 2. The molecule has 0 saturated heterocycles. The third-order valence-corrected chi connectivity index (χ3v) is 7.29. The van der Waals surface area contributed by atoms with Gasteiger partial charge in [0.15, 0.2) is 6.10 Å². The number of aliphatic hydroxyl groups excluding tert-OH is 1. The van der Waals surface area contributed by atoms with E-state index in [1.165, 1.54) is 5.56 Å². The van der Waals surface area contributed by atoms with E-state index in [1.54, 1.807) is 0 Å². The topological polar surface area (TPSA) is 98.7 Å². The van der Waals surface area contributed by atoms with Gasteiger partial charge in [0.05, 0.1) is 11.6 Å². The number of carboxylic acid groups (broad SMARTS) is 1. The normalized spacial score (nSPS) is 18.1. The Morgan fingerprint density at radius 1 is 1.06 bits per heavy atom. The van der Waals surface area contributed by atoms with E-state index in [9.17, 15) is 19.8 Å². The van der Waals surface area contributed by atoms with Crippen molar-refractivity contribution in [3.05, 3.63) is 71.8 Å². The van der Waals surface area contributed by atoms with Gasteiger partial charge in [-0.25, -0.2) is 4.79 Å². The molecule has 2 aromatic rings. The third-order valence-electron chi connectivity index (χ3n) is 7.29. The van der Waals surface area contributed by atoms with Crippen molar-refractivity contribution in [1.29, 1.82) is 0 Å². The van der Waals surface area contributed by atoms with Crippen molar-refractivity contribution in [2.45, 2.75) is 82.9 Å². The summed E-state index contributed by atoms with van der Waals surface area (Å²) in [6.45, 7) is 3.89. The molecule has 2 unspecified atom stereocenters. The number of aliphatic hydroxyl groups is 1. The van der Waals surface area contributed by atoms with Gasteiger partial charge in [-0.15, -0.1) is 0 Å². The van der Waals surface area contributed by atoms with E-state index < -0.39 is 23.6 Å². The molecule has 34 heavy (non-hydrogen) atoms. The van der Waals surface area contributed by atoms with E-state index in [0.29, 0.717) is 19.3 Å². The lowest BCUT2D eigenvalue weighted by Gasteiger charge is -2.50. The highest BCUT2D eigenvalue weighted by molar-refractivity contribution is 5.83. The maximum atomic E-state index is 13.3. The second-order valence-electron chi connectivity index (χ2n) is 9.93. The van der Waals surface area contributed by atoms with Gasteiger partial charge in [0.2, 0.25) is 0 Å². The quantitative estimate of drug-likeness (QED) is 0.344. The molecule has 1 aliphatic rings. The molecule has 2 aromatic carbocycles. The van der Waals surface area contributed by atoms with Crippen molar-refractivity contribution in [3.8, 4) is 0 Å². The molecule has 3 atom stereocenters. The summed E-state index contributed by atoms with van der Waals surface area (Å²) in [5.41, 5.74) is 0.716. The number of nitrogens with one attached hydrogen (secondary N) is 2. The zero-order chi connectivity index (χ0) is 24.6. The number of unbranched alkanes of at least 4 members (excludes halogenated alkanes) is 1. The zero-order valence-corrected chi connectivity index (χ0v) is 20.3. The molecule has 0 radical (unpaired) electrons. The lowest BCUT2D eigenvalue weighted by molar-refractivity contribution is -0.136. The fourth-order valence-corrected chi connectivity index (χ4v) is 5.36. The van der Waals surface area contributed by atoms with Crippen LogP contribution in [0.25, 0.3) is 0 Å². The van der Waals surface area contributed by atoms with Gasteiger partial charge in [0.25, 0.3) is 5.91 Å². The summed E-state index contributed by atoms with van der Waals surface area (Å²) in [5, 5.41) is 26.7. The minimum atomic E-state index is -1.49. The minimum Gasteiger partial charge on any atom is -0.465 e. The number of carbonyl (C=O) groups excluding carboxylic acids is 1. The average molecular weight is 467 g/mol. The Hall–Kier alpha value is -2.86. The number of hydrogen-bond donors (Lipinski definition) is 4. The van der Waals surface area contributed by atoms with Gasteiger partial charge in [-0.2, -0.15) is 0 Å². The van der Waals surface area contributed by atoms with Crippen LogP contribution in [0.15, 0.2) is 60.7 Å². The van der Waals surface area contributed by atoms with Crippen LogP contribution in [0.1, 0.15) is 76.0 Å². The van der Waals surface area contributed by atoms with Crippen molar-refractivity contribution < 1.29 is 19.8 Å². The van der Waals surface area contributed by atoms with Crippen molar-refractivity contribution in [3.63, 3.8) is 0 Å². The molecular weight excluding hydrogens is 428 g/mol. The lowest BCUT2D eigenvalue weighted by atomic mass is 9.58. The molecule has 1 fully saturated rings. The number of rotatable bonds is 12. The van der Waals surface area contributed by atoms with E-state index >= 15 is 0 Å². The van der Waals surface area contributed by atoms with Crippen LogP contribution in [-0.2, 0) is 11.2 Å². The minimum absolute atomic E-state index is 0.149. The third kappa shape index (κ3) is 6.38. The molecule has 184 valence electrons. The molecule has 0 heterocycles. The first-order valence-corrected chi connectivity index (χ1v) is 12.4. The fourth-order valence-electron chi connectivity index (χ4n) is 5.36. The lowest BCUT2D eigenvalue weighted by Crippen LogP contribution is -2.64. The standard InChI is InChI=1S/C28H38N2O4/c1-3-4-18-28(30-26(33)34,20-27(16-11-17-27)19-22-12-7-5-8-13-22)24(31)25(32)29-21(2)23-14-9-6-10-15-23/h5-10,12-15,21,24,30-31H,3-4,11,16-20H2,1-2H3,(H,29,32)(H,33,34)/t21-,24?,28?/m1/s1. The summed E-state index contributed by atoms with van der Waals surface area (Å²) in [5.74, 6) is -0.546. The Morgan fingerprint density at radius 3 is 2.21 bits per heavy atom. The average Bonchev–Trinajstić information content (AvgIpc) is 2.81. The van der Waals surface area contributed by atoms with Crippen LogP contribution in [0.4, 0.5) is 4.79 Å². The number of carbonyl (C=O) groups is 2. The largest absolute Gasteiger partial charge is 0.465 e. The van der Waals surface area contributed by atoms with Gasteiger partial charge in [0, 0.05) is 0 Å². The summed E-state index contributed by atoms with van der Waals surface area (Å²) in [4.78, 5) is 25.2. The highest BCUT2D eigenvalue weighted by atomic mass is 16.4. The van der Waals surface area contributed by atoms with Crippen LogP contribution in [0, 0.1) is 5.41 Å². The SMILES string of the molecule is CCCCC(CC1(Cc2ccccc2)CCC1)(NC(=O)O)C(O)C(=O)N[C@H](C)c1ccccc1. The van der Waals surface area contributed by atoms with E-state index in [4.69, 9.17) is 0 Å². The highest BCUT2D eigenvalue weighted by Gasteiger charge is 2.51. The summed E-state index contributed by atoms with van der Waals surface area (Å²) >= 11 is 0. The van der Waals surface area contributed by atoms with Gasteiger partial charge in [-0.05, 0) is 55.6 Å². The second-order valence-corrected chi connectivity index (χ2v) is 9.93. The predicted octanol–water partition coefficient (Wildman–Crippen LogP) is 5.22. The molecule has 6 heteroatoms. The maximum absolute atomic E-state index is 13.3. The zero-order valence-electron chi connectivity index (χ0n) is 20.3. The van der Waals surface area contributed by atoms with E-state index in [1.807, 2.05) is 62.4 Å². The highest BCUT2D eigenvalue weighted by Crippen LogP contribution is 2.50. The van der Waals surface area contributed by atoms with E-state index in [-0.39, 0.29) is 11.5 Å². The second kappa shape index (κ2) is 11.5. The van der Waals surface area contributed by atoms with Gasteiger partial charge in [0.1, 0.15) is 0 Å². The first kappa shape index (κ1) is 25.8. The van der Waals surface area contributed by atoms with Crippen LogP contribution in [0.5, 0.6) is 0 Å². The summed E-state index contributed by atoms with van der Waals surface area (Å²) in [6.07, 6.45) is 3.44. The molecule has 6 nitrogen and oxygen atoms in total.